The Morgan fingerprint density at radius 1 is 0.787 bits per heavy atom. The molecule has 0 unspecified atom stereocenters. The minimum Gasteiger partial charge on any atom is -0.387 e. The summed E-state index contributed by atoms with van der Waals surface area (Å²) in [4.78, 5) is 30.8. The number of nitrogens with zero attached hydrogens (tertiary/aromatic N) is 1. The largest absolute Gasteiger partial charge is 0.469 e. The van der Waals surface area contributed by atoms with Gasteiger partial charge in [0.15, 0.2) is 18.5 Å². The van der Waals surface area contributed by atoms with Crippen LogP contribution in [0.25, 0.3) is 0 Å². The van der Waals surface area contributed by atoms with Crippen molar-refractivity contribution in [1.29, 1.82) is 0 Å². The van der Waals surface area contributed by atoms with Crippen LogP contribution in [0.4, 0.5) is 0 Å². The lowest BCUT2D eigenvalue weighted by Crippen LogP contribution is -2.46. The molecule has 1 aliphatic heterocycles. The normalized spacial score (nSPS) is 19.8. The molecule has 1 aliphatic rings. The molecule has 1 fully saturated rings. The Bertz CT molecular complexity index is 1520. The predicted octanol–water partition coefficient (Wildman–Crippen LogP) is 4.42. The van der Waals surface area contributed by atoms with E-state index in [2.05, 4.69) is 82.6 Å². The van der Waals surface area contributed by atoms with Gasteiger partial charge in [0.2, 0.25) is 0 Å². The Kier molecular flexibility index (Phi) is 11.7. The fourth-order valence-electron chi connectivity index (χ4n) is 6.34. The second kappa shape index (κ2) is 15.9. The summed E-state index contributed by atoms with van der Waals surface area (Å²) in [5.41, 5.74) is 3.85. The number of carbonyl (C=O) groups is 1. The third-order valence-corrected chi connectivity index (χ3v) is 9.17. The van der Waals surface area contributed by atoms with Crippen molar-refractivity contribution < 1.29 is 43.2 Å². The molecule has 1 saturated heterocycles. The van der Waals surface area contributed by atoms with Crippen LogP contribution in [0.3, 0.4) is 0 Å². The van der Waals surface area contributed by atoms with Crippen LogP contribution in [-0.4, -0.2) is 57.4 Å². The predicted molar refractivity (Wildman–Crippen MR) is 175 cm³/mol. The van der Waals surface area contributed by atoms with Gasteiger partial charge in [-0.25, -0.2) is 4.57 Å². The maximum Gasteiger partial charge on any atom is 0.469 e. The SMILES string of the molecule is O=C(NCCCCCCC(c1ccccc1)(c1ccccc1)c1ccccc1)c1ccc[n+]([C@@H]2O[C@H](COP(=O)(O)O)[C@@H](O)[C@H]2O)c1. The van der Waals surface area contributed by atoms with Gasteiger partial charge >= 0.3 is 7.82 Å². The first kappa shape index (κ1) is 34.6. The van der Waals surface area contributed by atoms with Crippen LogP contribution in [0.15, 0.2) is 116 Å². The number of carbonyl (C=O) groups excluding carboxylic acids is 1. The number of pyridine rings is 1. The Labute approximate surface area is 274 Å². The van der Waals surface area contributed by atoms with E-state index in [9.17, 15) is 19.6 Å². The summed E-state index contributed by atoms with van der Waals surface area (Å²) >= 11 is 0. The van der Waals surface area contributed by atoms with E-state index in [4.69, 9.17) is 14.5 Å². The van der Waals surface area contributed by atoms with Crippen molar-refractivity contribution in [3.05, 3.63) is 138 Å². The Morgan fingerprint density at radius 2 is 1.34 bits per heavy atom. The van der Waals surface area contributed by atoms with Crippen LogP contribution in [-0.2, 0) is 19.2 Å². The first-order valence-electron chi connectivity index (χ1n) is 15.9. The number of rotatable bonds is 15. The maximum atomic E-state index is 12.9. The molecule has 0 saturated carbocycles. The molecular formula is C36H42N2O8P+. The topological polar surface area (TPSA) is 149 Å². The van der Waals surface area contributed by atoms with Gasteiger partial charge in [0, 0.05) is 18.0 Å². The molecule has 1 aromatic heterocycles. The van der Waals surface area contributed by atoms with Gasteiger partial charge in [0.1, 0.15) is 17.8 Å². The van der Waals surface area contributed by atoms with Gasteiger partial charge in [-0.15, -0.1) is 0 Å². The Morgan fingerprint density at radius 3 is 1.89 bits per heavy atom. The lowest BCUT2D eigenvalue weighted by Gasteiger charge is -2.36. The molecule has 0 aliphatic carbocycles. The second-order valence-electron chi connectivity index (χ2n) is 11.8. The molecule has 0 radical (unpaired) electrons. The standard InChI is InChI=1S/C36H41N2O8P/c39-32-31(26-45-47(42,43)44)46-35(33(32)40)38-24-14-15-27(25-38)34(41)37-23-13-2-1-12-22-36(28-16-6-3-7-17-28,29-18-8-4-9-19-29)30-20-10-5-11-21-30/h3-11,14-21,24-25,31-33,35,39-40H,1-2,12-13,22-23,26H2,(H2-,37,41,42,43,44)/p+1/t31-,32-,33-,35-/m1/s1. The average molecular weight is 662 g/mol. The average Bonchev–Trinajstić information content (AvgIpc) is 3.38. The van der Waals surface area contributed by atoms with Crippen LogP contribution in [0.2, 0.25) is 0 Å². The van der Waals surface area contributed by atoms with Crippen LogP contribution in [0.5, 0.6) is 0 Å². The lowest BCUT2D eigenvalue weighted by molar-refractivity contribution is -0.765. The molecule has 5 rings (SSSR count). The maximum absolute atomic E-state index is 12.9. The monoisotopic (exact) mass is 661 g/mol. The smallest absolute Gasteiger partial charge is 0.387 e. The fourth-order valence-corrected chi connectivity index (χ4v) is 6.68. The van der Waals surface area contributed by atoms with E-state index < -0.39 is 39.0 Å². The van der Waals surface area contributed by atoms with Crippen molar-refractivity contribution in [1.82, 2.24) is 5.32 Å². The van der Waals surface area contributed by atoms with Gasteiger partial charge in [0.05, 0.1) is 6.61 Å². The number of aliphatic hydroxyl groups excluding tert-OH is 2. The van der Waals surface area contributed by atoms with Crippen molar-refractivity contribution in [2.45, 2.75) is 62.1 Å². The van der Waals surface area contributed by atoms with E-state index in [1.165, 1.54) is 27.5 Å². The number of hydrogen-bond acceptors (Lipinski definition) is 6. The number of hydrogen-bond donors (Lipinski definition) is 5. The van der Waals surface area contributed by atoms with Gasteiger partial charge in [0.25, 0.3) is 12.1 Å². The molecule has 11 heteroatoms. The molecule has 4 atom stereocenters. The summed E-state index contributed by atoms with van der Waals surface area (Å²) < 4.78 is 22.5. The summed E-state index contributed by atoms with van der Waals surface area (Å²) in [6.45, 7) is -0.108. The van der Waals surface area contributed by atoms with E-state index in [-0.39, 0.29) is 11.3 Å². The van der Waals surface area contributed by atoms with Crippen molar-refractivity contribution >= 4 is 13.7 Å². The highest BCUT2D eigenvalue weighted by Crippen LogP contribution is 2.43. The molecule has 2 heterocycles. The summed E-state index contributed by atoms with van der Waals surface area (Å²) in [6.07, 6.45) is 2.71. The third-order valence-electron chi connectivity index (χ3n) is 8.69. The molecule has 0 spiro atoms. The number of amides is 1. The lowest BCUT2D eigenvalue weighted by atomic mass is 9.66. The number of aliphatic hydroxyl groups is 2. The van der Waals surface area contributed by atoms with Gasteiger partial charge in [-0.1, -0.05) is 110 Å². The molecule has 3 aromatic carbocycles. The highest BCUT2D eigenvalue weighted by Gasteiger charge is 2.49. The zero-order chi connectivity index (χ0) is 33.3. The summed E-state index contributed by atoms with van der Waals surface area (Å²) in [5.74, 6) is -0.287. The fraction of sp³-hybridized carbons (Fsp3) is 0.333. The summed E-state index contributed by atoms with van der Waals surface area (Å²) in [5, 5.41) is 23.7. The van der Waals surface area contributed by atoms with Gasteiger partial charge in [-0.3, -0.25) is 9.32 Å². The number of unbranched alkanes of at least 4 members (excludes halogenated alkanes) is 3. The Balaban J connectivity index is 1.15. The third kappa shape index (κ3) is 8.60. The van der Waals surface area contributed by atoms with Gasteiger partial charge in [-0.05, 0) is 35.6 Å². The van der Waals surface area contributed by atoms with Crippen LogP contribution in [0, 0.1) is 0 Å². The molecule has 4 aromatic rings. The molecule has 1 amide bonds. The quantitative estimate of drug-likeness (QED) is 0.0545. The van der Waals surface area contributed by atoms with E-state index in [0.29, 0.717) is 12.1 Å². The number of nitrogens with one attached hydrogen (secondary N) is 1. The van der Waals surface area contributed by atoms with E-state index in [0.717, 1.165) is 32.1 Å². The van der Waals surface area contributed by atoms with Gasteiger partial charge in [-0.2, -0.15) is 4.57 Å². The molecule has 10 nitrogen and oxygen atoms in total. The van der Waals surface area contributed by atoms with E-state index in [1.807, 2.05) is 18.2 Å². The number of aromatic nitrogens is 1. The molecule has 5 N–H and O–H groups in total. The molecule has 248 valence electrons. The number of benzene rings is 3. The number of phosphoric acid groups is 1. The molecule has 0 bridgehead atoms. The number of phosphoric ester groups is 1. The van der Waals surface area contributed by atoms with Crippen LogP contribution in [0.1, 0.15) is 65.4 Å². The highest BCUT2D eigenvalue weighted by molar-refractivity contribution is 7.46. The highest BCUT2D eigenvalue weighted by atomic mass is 31.2. The second-order valence-corrected chi connectivity index (χ2v) is 13.0. The van der Waals surface area contributed by atoms with E-state index in [1.54, 1.807) is 18.3 Å². The van der Waals surface area contributed by atoms with Gasteiger partial charge < -0.3 is 30.1 Å². The van der Waals surface area contributed by atoms with Crippen LogP contribution >= 0.6 is 7.82 Å². The van der Waals surface area contributed by atoms with Crippen molar-refractivity contribution in [3.8, 4) is 0 Å². The minimum atomic E-state index is -4.78. The first-order chi connectivity index (χ1) is 22.7. The first-order valence-corrected chi connectivity index (χ1v) is 17.4. The minimum absolute atomic E-state index is 0.278. The Hall–Kier alpha value is -3.73. The summed E-state index contributed by atoms with van der Waals surface area (Å²) in [7, 11) is -4.78. The molecule has 47 heavy (non-hydrogen) atoms. The zero-order valence-corrected chi connectivity index (χ0v) is 26.9. The zero-order valence-electron chi connectivity index (χ0n) is 26.0. The summed E-state index contributed by atoms with van der Waals surface area (Å²) in [6, 6.07) is 35.3. The van der Waals surface area contributed by atoms with Crippen LogP contribution < -0.4 is 9.88 Å². The number of ether oxygens (including phenoxy) is 1. The molecular weight excluding hydrogens is 619 g/mol. The van der Waals surface area contributed by atoms with Crippen molar-refractivity contribution in [2.24, 2.45) is 0 Å². The van der Waals surface area contributed by atoms with Crippen molar-refractivity contribution in [3.63, 3.8) is 0 Å². The van der Waals surface area contributed by atoms with Crippen molar-refractivity contribution in [2.75, 3.05) is 13.2 Å². The van der Waals surface area contributed by atoms with E-state index >= 15 is 0 Å².